The second-order valence-corrected chi connectivity index (χ2v) is 14.1. The lowest BCUT2D eigenvalue weighted by Crippen LogP contribution is -2.36. The average molecular weight is 730 g/mol. The number of nitrogens with zero attached hydrogens (tertiary/aromatic N) is 1. The standard InChI is InChI=1S/C46H55F4NO2/c47-43-33-38(35-51)32-39(34-43)36-52-44(30-22-11-9-7-5-3-1-2-4-6-8-10-12-23-31-45(48,49)50)37-53-46(40-24-16-13-17-25-40,41-26-18-14-19-27-41)42-28-20-15-21-29-42/h13-21,24-29,32-34,44H,1-12,22-23,30-31,36-37H2/t44-/m0/s1. The number of unbranched alkanes of at least 4 members (excludes halogenated alkanes) is 13. The van der Waals surface area contributed by atoms with Gasteiger partial charge in [0.2, 0.25) is 0 Å². The Bertz CT molecular complexity index is 1510. The molecule has 0 aliphatic rings. The Balaban J connectivity index is 1.30. The number of benzene rings is 4. The van der Waals surface area contributed by atoms with Gasteiger partial charge in [0.1, 0.15) is 11.4 Å². The normalized spacial score (nSPS) is 12.4. The molecule has 4 aromatic rings. The minimum Gasteiger partial charge on any atom is -0.371 e. The first-order valence-electron chi connectivity index (χ1n) is 19.5. The summed E-state index contributed by atoms with van der Waals surface area (Å²) in [5, 5.41) is 9.38. The fourth-order valence-electron chi connectivity index (χ4n) is 7.03. The summed E-state index contributed by atoms with van der Waals surface area (Å²) in [7, 11) is 0. The third-order valence-corrected chi connectivity index (χ3v) is 9.84. The minimum atomic E-state index is -4.02. The van der Waals surface area contributed by atoms with Crippen LogP contribution in [0.3, 0.4) is 0 Å². The molecule has 0 aliphatic heterocycles. The van der Waals surface area contributed by atoms with Crippen molar-refractivity contribution in [3.63, 3.8) is 0 Å². The van der Waals surface area contributed by atoms with Crippen LogP contribution in [-0.4, -0.2) is 18.9 Å². The van der Waals surface area contributed by atoms with E-state index in [9.17, 15) is 22.8 Å². The van der Waals surface area contributed by atoms with Crippen LogP contribution in [0.2, 0.25) is 0 Å². The fraction of sp³-hybridized carbons (Fsp3) is 0.457. The molecule has 0 saturated carbocycles. The molecule has 7 heteroatoms. The van der Waals surface area contributed by atoms with E-state index in [-0.39, 0.29) is 24.7 Å². The van der Waals surface area contributed by atoms with E-state index in [1.807, 2.05) is 60.7 Å². The van der Waals surface area contributed by atoms with E-state index in [2.05, 4.69) is 36.4 Å². The number of halogens is 4. The van der Waals surface area contributed by atoms with Crippen molar-refractivity contribution in [2.45, 2.75) is 127 Å². The molecule has 0 heterocycles. The number of nitriles is 1. The van der Waals surface area contributed by atoms with Gasteiger partial charge in [0.05, 0.1) is 31.0 Å². The maximum absolute atomic E-state index is 14.3. The van der Waals surface area contributed by atoms with Crippen molar-refractivity contribution in [2.24, 2.45) is 0 Å². The molecule has 0 aromatic heterocycles. The van der Waals surface area contributed by atoms with Crippen molar-refractivity contribution in [2.75, 3.05) is 6.61 Å². The molecule has 284 valence electrons. The highest BCUT2D eigenvalue weighted by molar-refractivity contribution is 5.47. The Labute approximate surface area is 314 Å². The molecule has 0 saturated heterocycles. The SMILES string of the molecule is N#Cc1cc(F)cc(CO[C@@H](CCCCCCCCCCCCCCCCC(F)(F)F)COC(c2ccccc2)(c2ccccc2)c2ccccc2)c1. The van der Waals surface area contributed by atoms with Gasteiger partial charge in [-0.15, -0.1) is 0 Å². The molecule has 53 heavy (non-hydrogen) atoms. The molecule has 0 amide bonds. The number of rotatable bonds is 25. The lowest BCUT2D eigenvalue weighted by molar-refractivity contribution is -0.135. The Morgan fingerprint density at radius 3 is 1.43 bits per heavy atom. The van der Waals surface area contributed by atoms with Crippen molar-refractivity contribution < 1.29 is 27.0 Å². The summed E-state index contributed by atoms with van der Waals surface area (Å²) >= 11 is 0. The van der Waals surface area contributed by atoms with Gasteiger partial charge >= 0.3 is 6.18 Å². The zero-order valence-corrected chi connectivity index (χ0v) is 31.0. The summed E-state index contributed by atoms with van der Waals surface area (Å²) in [6.45, 7) is 0.486. The number of ether oxygens (including phenoxy) is 2. The van der Waals surface area contributed by atoms with E-state index in [1.165, 1.54) is 44.2 Å². The van der Waals surface area contributed by atoms with Crippen LogP contribution in [0.1, 0.15) is 131 Å². The van der Waals surface area contributed by atoms with Gasteiger partial charge in [0.25, 0.3) is 0 Å². The van der Waals surface area contributed by atoms with Crippen LogP contribution in [-0.2, 0) is 21.7 Å². The van der Waals surface area contributed by atoms with Gasteiger partial charge in [-0.05, 0) is 53.3 Å². The van der Waals surface area contributed by atoms with Gasteiger partial charge in [-0.25, -0.2) is 4.39 Å². The molecule has 0 unspecified atom stereocenters. The molecule has 0 spiro atoms. The van der Waals surface area contributed by atoms with E-state index in [4.69, 9.17) is 9.47 Å². The third kappa shape index (κ3) is 14.7. The summed E-state index contributed by atoms with van der Waals surface area (Å²) in [6, 6.07) is 37.1. The topological polar surface area (TPSA) is 42.2 Å². The van der Waals surface area contributed by atoms with Crippen LogP contribution in [0.15, 0.2) is 109 Å². The van der Waals surface area contributed by atoms with E-state index in [0.717, 1.165) is 68.1 Å². The van der Waals surface area contributed by atoms with Crippen LogP contribution in [0.5, 0.6) is 0 Å². The Kier molecular flexibility index (Phi) is 18.1. The van der Waals surface area contributed by atoms with Crippen LogP contribution in [0.25, 0.3) is 0 Å². The van der Waals surface area contributed by atoms with Gasteiger partial charge in [-0.2, -0.15) is 18.4 Å². The molecule has 1 atom stereocenters. The Hall–Kier alpha value is -3.99. The molecule has 0 N–H and O–H groups in total. The summed E-state index contributed by atoms with van der Waals surface area (Å²) in [6.07, 6.45) is 10.2. The zero-order valence-electron chi connectivity index (χ0n) is 31.0. The molecule has 3 nitrogen and oxygen atoms in total. The van der Waals surface area contributed by atoms with Crippen molar-refractivity contribution in [1.82, 2.24) is 0 Å². The predicted molar refractivity (Wildman–Crippen MR) is 205 cm³/mol. The minimum absolute atomic E-state index is 0.174. The van der Waals surface area contributed by atoms with Crippen LogP contribution in [0.4, 0.5) is 17.6 Å². The summed E-state index contributed by atoms with van der Waals surface area (Å²) < 4.78 is 64.6. The molecular formula is C46H55F4NO2. The maximum atomic E-state index is 14.3. The highest BCUT2D eigenvalue weighted by Gasteiger charge is 2.38. The van der Waals surface area contributed by atoms with E-state index >= 15 is 0 Å². The summed E-state index contributed by atoms with van der Waals surface area (Å²) in [5.41, 5.74) is 3.05. The second-order valence-electron chi connectivity index (χ2n) is 14.1. The van der Waals surface area contributed by atoms with Gasteiger partial charge in [0.15, 0.2) is 0 Å². The first-order chi connectivity index (χ1) is 25.8. The number of alkyl halides is 3. The van der Waals surface area contributed by atoms with Crippen LogP contribution < -0.4 is 0 Å². The maximum Gasteiger partial charge on any atom is 0.389 e. The third-order valence-electron chi connectivity index (χ3n) is 9.84. The molecular weight excluding hydrogens is 675 g/mol. The fourth-order valence-corrected chi connectivity index (χ4v) is 7.03. The molecule has 0 aliphatic carbocycles. The monoisotopic (exact) mass is 729 g/mol. The van der Waals surface area contributed by atoms with Crippen LogP contribution in [0, 0.1) is 17.1 Å². The molecule has 0 bridgehead atoms. The summed E-state index contributed by atoms with van der Waals surface area (Å²) in [5.74, 6) is -0.454. The predicted octanol–water partition coefficient (Wildman–Crippen LogP) is 13.4. The van der Waals surface area contributed by atoms with Gasteiger partial charge in [0, 0.05) is 6.42 Å². The highest BCUT2D eigenvalue weighted by Crippen LogP contribution is 2.41. The Morgan fingerprint density at radius 2 is 1.00 bits per heavy atom. The highest BCUT2D eigenvalue weighted by atomic mass is 19.4. The first-order valence-corrected chi connectivity index (χ1v) is 19.5. The van der Waals surface area contributed by atoms with Crippen molar-refractivity contribution in [3.8, 4) is 6.07 Å². The van der Waals surface area contributed by atoms with Crippen LogP contribution >= 0.6 is 0 Å². The molecule has 4 aromatic carbocycles. The quantitative estimate of drug-likeness (QED) is 0.0387. The zero-order chi connectivity index (χ0) is 37.6. The van der Waals surface area contributed by atoms with E-state index in [1.54, 1.807) is 6.07 Å². The first kappa shape index (κ1) is 41.8. The summed E-state index contributed by atoms with van der Waals surface area (Å²) in [4.78, 5) is 0. The number of hydrogen-bond acceptors (Lipinski definition) is 3. The molecule has 4 rings (SSSR count). The lowest BCUT2D eigenvalue weighted by atomic mass is 9.80. The average Bonchev–Trinajstić information content (AvgIpc) is 3.17. The second kappa shape index (κ2) is 22.9. The van der Waals surface area contributed by atoms with E-state index in [0.29, 0.717) is 18.6 Å². The molecule has 0 fully saturated rings. The van der Waals surface area contributed by atoms with Gasteiger partial charge < -0.3 is 9.47 Å². The van der Waals surface area contributed by atoms with Gasteiger partial charge in [-0.3, -0.25) is 0 Å². The van der Waals surface area contributed by atoms with Crippen molar-refractivity contribution in [1.29, 1.82) is 5.26 Å². The molecule has 0 radical (unpaired) electrons. The Morgan fingerprint density at radius 1 is 0.566 bits per heavy atom. The lowest BCUT2D eigenvalue weighted by Gasteiger charge is -2.37. The smallest absolute Gasteiger partial charge is 0.371 e. The van der Waals surface area contributed by atoms with Crippen molar-refractivity contribution in [3.05, 3.63) is 143 Å². The van der Waals surface area contributed by atoms with Gasteiger partial charge in [-0.1, -0.05) is 174 Å². The number of hydrogen-bond donors (Lipinski definition) is 0. The van der Waals surface area contributed by atoms with E-state index < -0.39 is 24.0 Å². The largest absolute Gasteiger partial charge is 0.389 e. The van der Waals surface area contributed by atoms with Crippen molar-refractivity contribution >= 4 is 0 Å².